The number of aromatic nitrogens is 2. The van der Waals surface area contributed by atoms with Crippen LogP contribution in [-0.2, 0) is 25.7 Å². The third-order valence-electron chi connectivity index (χ3n) is 7.83. The smallest absolute Gasteiger partial charge is 0.250 e. The second-order valence-corrected chi connectivity index (χ2v) is 12.1. The number of ether oxygens (including phenoxy) is 1. The van der Waals surface area contributed by atoms with E-state index in [1.165, 1.54) is 0 Å². The topological polar surface area (TPSA) is 120 Å². The van der Waals surface area contributed by atoms with E-state index >= 15 is 0 Å². The maximum atomic E-state index is 13.8. The zero-order valence-electron chi connectivity index (χ0n) is 25.1. The molecule has 4 rings (SSSR count). The minimum Gasteiger partial charge on any atom is -0.376 e. The van der Waals surface area contributed by atoms with Crippen molar-refractivity contribution in [2.24, 2.45) is 17.6 Å². The van der Waals surface area contributed by atoms with Gasteiger partial charge in [-0.05, 0) is 50.7 Å². The van der Waals surface area contributed by atoms with Gasteiger partial charge in [-0.2, -0.15) is 0 Å². The fourth-order valence-corrected chi connectivity index (χ4v) is 4.97. The number of ketones is 1. The Hall–Kier alpha value is -3.82. The van der Waals surface area contributed by atoms with E-state index in [1.54, 1.807) is 30.9 Å². The summed E-state index contributed by atoms with van der Waals surface area (Å²) in [7, 11) is 0. The number of amides is 2. The summed E-state index contributed by atoms with van der Waals surface area (Å²) in [5.41, 5.74) is 7.87. The summed E-state index contributed by atoms with van der Waals surface area (Å²) in [6, 6.07) is 16.9. The van der Waals surface area contributed by atoms with Gasteiger partial charge in [0, 0.05) is 25.7 Å². The van der Waals surface area contributed by atoms with Gasteiger partial charge in [-0.25, -0.2) is 4.98 Å². The zero-order chi connectivity index (χ0) is 30.3. The second-order valence-electron chi connectivity index (χ2n) is 12.1. The van der Waals surface area contributed by atoms with E-state index in [0.717, 1.165) is 42.6 Å². The Kier molecular flexibility index (Phi) is 10.3. The highest BCUT2D eigenvalue weighted by atomic mass is 16.5. The summed E-state index contributed by atoms with van der Waals surface area (Å²) in [5.74, 6) is -0.498. The van der Waals surface area contributed by atoms with E-state index in [0.29, 0.717) is 18.3 Å². The molecule has 2 heterocycles. The lowest BCUT2D eigenvalue weighted by Gasteiger charge is -2.33. The molecule has 0 bridgehead atoms. The number of hydrogen-bond acceptors (Lipinski definition) is 6. The van der Waals surface area contributed by atoms with Crippen molar-refractivity contribution in [3.05, 3.63) is 83.8 Å². The molecule has 3 aromatic rings. The number of imidazole rings is 1. The van der Waals surface area contributed by atoms with Crippen molar-refractivity contribution in [2.75, 3.05) is 25.0 Å². The summed E-state index contributed by atoms with van der Waals surface area (Å²) in [4.78, 5) is 46.3. The maximum Gasteiger partial charge on any atom is 0.250 e. The molecular formula is C33H43N5O4. The van der Waals surface area contributed by atoms with Gasteiger partial charge >= 0.3 is 0 Å². The van der Waals surface area contributed by atoms with Gasteiger partial charge in [0.05, 0.1) is 31.0 Å². The Morgan fingerprint density at radius 2 is 1.74 bits per heavy atom. The largest absolute Gasteiger partial charge is 0.376 e. The second kappa shape index (κ2) is 13.9. The molecule has 1 fully saturated rings. The van der Waals surface area contributed by atoms with Crippen molar-refractivity contribution in [3.63, 3.8) is 0 Å². The Balaban J connectivity index is 1.51. The lowest BCUT2D eigenvalue weighted by atomic mass is 9.91. The van der Waals surface area contributed by atoms with Gasteiger partial charge < -0.3 is 25.3 Å². The molecule has 0 radical (unpaired) electrons. The molecule has 2 atom stereocenters. The first-order chi connectivity index (χ1) is 20.0. The van der Waals surface area contributed by atoms with Crippen LogP contribution in [-0.4, -0.2) is 57.3 Å². The van der Waals surface area contributed by atoms with E-state index in [-0.39, 0.29) is 24.7 Å². The predicted octanol–water partition coefficient (Wildman–Crippen LogP) is 4.51. The van der Waals surface area contributed by atoms with Crippen LogP contribution in [0.5, 0.6) is 0 Å². The van der Waals surface area contributed by atoms with E-state index < -0.39 is 23.4 Å². The number of nitrogens with zero attached hydrogens (tertiary/aromatic N) is 3. The van der Waals surface area contributed by atoms with Gasteiger partial charge in [0.2, 0.25) is 11.8 Å². The average Bonchev–Trinajstić information content (AvgIpc) is 3.41. The predicted molar refractivity (Wildman–Crippen MR) is 163 cm³/mol. The van der Waals surface area contributed by atoms with Gasteiger partial charge in [0.25, 0.3) is 0 Å². The molecule has 224 valence electrons. The van der Waals surface area contributed by atoms with Crippen LogP contribution in [0, 0.1) is 18.8 Å². The standard InChI is InChI=1S/C33H43N5O4/c1-23-10-12-26(13-11-23)30(32(41)37-16-14-24(2)15-17-37)38-19-29(35-22-38)36-31(40)27(18-28(39)33(3,4)34)21-42-20-25-8-6-5-7-9-25/h5-13,19,22,24,27,30H,14-18,20-21,34H2,1-4H3,(H,36,40)/t27-,30-/m1/s1. The van der Waals surface area contributed by atoms with E-state index in [2.05, 4.69) is 17.2 Å². The molecule has 1 aliphatic heterocycles. The molecule has 9 nitrogen and oxygen atoms in total. The first kappa shape index (κ1) is 31.1. The average molecular weight is 574 g/mol. The summed E-state index contributed by atoms with van der Waals surface area (Å²) in [6.07, 6.45) is 5.12. The molecule has 9 heteroatoms. The fraction of sp³-hybridized carbons (Fsp3) is 0.455. The lowest BCUT2D eigenvalue weighted by Crippen LogP contribution is -2.44. The van der Waals surface area contributed by atoms with Crippen molar-refractivity contribution in [3.8, 4) is 0 Å². The van der Waals surface area contributed by atoms with Crippen molar-refractivity contribution in [1.82, 2.24) is 14.5 Å². The third-order valence-corrected chi connectivity index (χ3v) is 7.83. The molecule has 2 amide bonds. The van der Waals surface area contributed by atoms with Crippen molar-refractivity contribution >= 4 is 23.4 Å². The number of benzene rings is 2. The number of rotatable bonds is 12. The number of carbonyl (C=O) groups excluding carboxylic acids is 3. The van der Waals surface area contributed by atoms with Crippen LogP contribution < -0.4 is 11.1 Å². The number of aryl methyl sites for hydroxylation is 1. The number of piperidine rings is 1. The van der Waals surface area contributed by atoms with E-state index in [9.17, 15) is 14.4 Å². The Bertz CT molecular complexity index is 1340. The van der Waals surface area contributed by atoms with Crippen LogP contribution in [0.25, 0.3) is 0 Å². The highest BCUT2D eigenvalue weighted by molar-refractivity contribution is 5.97. The number of carbonyl (C=O) groups is 3. The summed E-state index contributed by atoms with van der Waals surface area (Å²) in [5, 5.41) is 2.84. The van der Waals surface area contributed by atoms with Crippen LogP contribution in [0.2, 0.25) is 0 Å². The number of likely N-dealkylation sites (tertiary alicyclic amines) is 1. The monoisotopic (exact) mass is 573 g/mol. The quantitative estimate of drug-likeness (QED) is 0.329. The highest BCUT2D eigenvalue weighted by Crippen LogP contribution is 2.26. The van der Waals surface area contributed by atoms with Crippen LogP contribution in [0.4, 0.5) is 5.82 Å². The third kappa shape index (κ3) is 8.36. The minimum atomic E-state index is -1.08. The van der Waals surface area contributed by atoms with Gasteiger partial charge in [-0.3, -0.25) is 14.4 Å². The maximum absolute atomic E-state index is 13.8. The number of nitrogens with one attached hydrogen (secondary N) is 1. The van der Waals surface area contributed by atoms with Gasteiger partial charge in [-0.1, -0.05) is 67.1 Å². The molecule has 3 N–H and O–H groups in total. The molecular weight excluding hydrogens is 530 g/mol. The number of anilines is 1. The molecule has 0 saturated carbocycles. The number of Topliss-reactive ketones (excluding diaryl/α,β-unsaturated/α-hetero) is 1. The molecule has 2 aromatic carbocycles. The van der Waals surface area contributed by atoms with Crippen LogP contribution in [0.15, 0.2) is 67.1 Å². The SMILES string of the molecule is Cc1ccc([C@H](C(=O)N2CCC(C)CC2)n2cnc(NC(=O)[C@@H](COCc3ccccc3)CC(=O)C(C)(C)N)c2)cc1. The van der Waals surface area contributed by atoms with Gasteiger partial charge in [-0.15, -0.1) is 0 Å². The molecule has 1 saturated heterocycles. The molecule has 42 heavy (non-hydrogen) atoms. The highest BCUT2D eigenvalue weighted by Gasteiger charge is 2.32. The van der Waals surface area contributed by atoms with E-state index in [4.69, 9.17) is 10.5 Å². The van der Waals surface area contributed by atoms with Crippen LogP contribution in [0.3, 0.4) is 0 Å². The molecule has 0 unspecified atom stereocenters. The van der Waals surface area contributed by atoms with Crippen LogP contribution in [0.1, 0.15) is 62.8 Å². The normalized spacial score (nSPS) is 15.7. The Morgan fingerprint density at radius 1 is 1.07 bits per heavy atom. The first-order valence-electron chi connectivity index (χ1n) is 14.6. The summed E-state index contributed by atoms with van der Waals surface area (Å²) in [6.45, 7) is 9.27. The summed E-state index contributed by atoms with van der Waals surface area (Å²) >= 11 is 0. The van der Waals surface area contributed by atoms with Crippen LogP contribution >= 0.6 is 0 Å². The number of hydrogen-bond donors (Lipinski definition) is 2. The molecule has 1 aliphatic rings. The van der Waals surface area contributed by atoms with Gasteiger partial charge in [0.1, 0.15) is 6.04 Å². The lowest BCUT2D eigenvalue weighted by molar-refractivity contribution is -0.135. The molecule has 1 aromatic heterocycles. The minimum absolute atomic E-state index is 0.00370. The van der Waals surface area contributed by atoms with E-state index in [1.807, 2.05) is 66.4 Å². The van der Waals surface area contributed by atoms with Crippen molar-refractivity contribution in [2.45, 2.75) is 65.1 Å². The van der Waals surface area contributed by atoms with Crippen molar-refractivity contribution < 1.29 is 19.1 Å². The zero-order valence-corrected chi connectivity index (χ0v) is 25.1. The fourth-order valence-electron chi connectivity index (χ4n) is 4.97. The first-order valence-corrected chi connectivity index (χ1v) is 14.6. The van der Waals surface area contributed by atoms with Gasteiger partial charge in [0.15, 0.2) is 11.6 Å². The molecule has 0 aliphatic carbocycles. The Morgan fingerprint density at radius 3 is 2.38 bits per heavy atom. The Labute approximate surface area is 248 Å². The molecule has 0 spiro atoms. The number of nitrogens with two attached hydrogens (primary N) is 1. The van der Waals surface area contributed by atoms with Crippen molar-refractivity contribution in [1.29, 1.82) is 0 Å². The summed E-state index contributed by atoms with van der Waals surface area (Å²) < 4.78 is 7.59.